The number of carbonyl (C=O) groups excluding carboxylic acids is 2. The van der Waals surface area contributed by atoms with Crippen molar-refractivity contribution in [1.29, 1.82) is 0 Å². The van der Waals surface area contributed by atoms with Crippen LogP contribution in [-0.2, 0) is 14.8 Å². The van der Waals surface area contributed by atoms with Gasteiger partial charge in [-0.25, -0.2) is 17.6 Å². The van der Waals surface area contributed by atoms with Crippen LogP contribution in [0.1, 0.15) is 13.3 Å². The molecule has 1 fully saturated rings. The molecule has 1 saturated heterocycles. The fourth-order valence-electron chi connectivity index (χ4n) is 2.81. The molecule has 0 saturated carbocycles. The second kappa shape index (κ2) is 9.11. The van der Waals surface area contributed by atoms with Crippen LogP contribution in [0.5, 0.6) is 0 Å². The van der Waals surface area contributed by atoms with Gasteiger partial charge in [-0.05, 0) is 24.6 Å². The maximum Gasteiger partial charge on any atom is 0.323 e. The molecule has 27 heavy (non-hydrogen) atoms. The molecule has 1 aromatic carbocycles. The molecule has 1 heterocycles. The van der Waals surface area contributed by atoms with E-state index in [1.54, 1.807) is 6.92 Å². The molecule has 1 unspecified atom stereocenters. The average molecular weight is 401 g/mol. The first-order valence-electron chi connectivity index (χ1n) is 8.60. The first-order chi connectivity index (χ1) is 12.8. The zero-order valence-electron chi connectivity index (χ0n) is 15.0. The van der Waals surface area contributed by atoms with Gasteiger partial charge in [-0.15, -0.1) is 0 Å². The Kier molecular flexibility index (Phi) is 7.11. The molecule has 1 atom stereocenters. The second-order valence-corrected chi connectivity index (χ2v) is 8.06. The third-order valence-corrected chi connectivity index (χ3v) is 5.98. The van der Waals surface area contributed by atoms with Gasteiger partial charge in [0.25, 0.3) is 5.91 Å². The molecule has 150 valence electrons. The van der Waals surface area contributed by atoms with Gasteiger partial charge >= 0.3 is 6.03 Å². The van der Waals surface area contributed by atoms with E-state index in [9.17, 15) is 22.4 Å². The summed E-state index contributed by atoms with van der Waals surface area (Å²) in [6, 6.07) is 4.59. The molecular weight excluding hydrogens is 377 g/mol. The van der Waals surface area contributed by atoms with Crippen molar-refractivity contribution in [2.75, 3.05) is 37.2 Å². The molecule has 2 rings (SSSR count). The molecule has 0 aliphatic carbocycles. The Balaban J connectivity index is 2.24. The molecule has 11 heteroatoms. The largest absolute Gasteiger partial charge is 0.352 e. The quantitative estimate of drug-likeness (QED) is 0.598. The summed E-state index contributed by atoms with van der Waals surface area (Å²) in [5, 5.41) is 5.02. The first kappa shape index (κ1) is 21.1. The average Bonchev–Trinajstić information content (AvgIpc) is 3.06. The number of rotatable bonds is 7. The second-order valence-electron chi connectivity index (χ2n) is 6.01. The third kappa shape index (κ3) is 5.15. The van der Waals surface area contributed by atoms with E-state index in [-0.39, 0.29) is 37.6 Å². The van der Waals surface area contributed by atoms with Crippen LogP contribution in [0.15, 0.2) is 24.3 Å². The van der Waals surface area contributed by atoms with Crippen LogP contribution in [-0.4, -0.2) is 67.7 Å². The van der Waals surface area contributed by atoms with Gasteiger partial charge in [0.1, 0.15) is 5.82 Å². The minimum atomic E-state index is -3.72. The monoisotopic (exact) mass is 401 g/mol. The van der Waals surface area contributed by atoms with E-state index in [2.05, 4.69) is 10.6 Å². The maximum atomic E-state index is 13.3. The number of nitrogens with one attached hydrogen (secondary N) is 2. The lowest BCUT2D eigenvalue weighted by Crippen LogP contribution is -2.55. The normalized spacial score (nSPS) is 17.7. The molecule has 0 aromatic heterocycles. The van der Waals surface area contributed by atoms with Crippen LogP contribution in [0.2, 0.25) is 0 Å². The third-order valence-electron chi connectivity index (χ3n) is 3.96. The summed E-state index contributed by atoms with van der Waals surface area (Å²) in [5.74, 6) is -1.29. The minimum absolute atomic E-state index is 0.000381. The number of carbonyl (C=O) groups is 2. The Hall–Kier alpha value is -2.24. The number of urea groups is 1. The number of sulfonamides is 1. The van der Waals surface area contributed by atoms with E-state index < -0.39 is 33.9 Å². The van der Waals surface area contributed by atoms with E-state index >= 15 is 0 Å². The molecule has 1 aliphatic heterocycles. The molecule has 9 nitrogen and oxygen atoms in total. The van der Waals surface area contributed by atoms with Crippen LogP contribution < -0.4 is 16.4 Å². The molecule has 1 aromatic rings. The lowest BCUT2D eigenvalue weighted by atomic mass is 10.3. The van der Waals surface area contributed by atoms with E-state index in [4.69, 9.17) is 5.73 Å². The van der Waals surface area contributed by atoms with Gasteiger partial charge in [0.05, 0.1) is 5.75 Å². The van der Waals surface area contributed by atoms with Crippen molar-refractivity contribution in [1.82, 2.24) is 14.5 Å². The maximum absolute atomic E-state index is 13.3. The fourth-order valence-corrected chi connectivity index (χ4v) is 4.43. The SMILES string of the molecule is CCCS(=O)(=O)N1CCN(C(=O)Nc2cccc(F)c2)C1C(=O)NCCN. The van der Waals surface area contributed by atoms with Crippen molar-refractivity contribution in [3.05, 3.63) is 30.1 Å². The first-order valence-corrected chi connectivity index (χ1v) is 10.2. The summed E-state index contributed by atoms with van der Waals surface area (Å²) >= 11 is 0. The van der Waals surface area contributed by atoms with Crippen LogP contribution >= 0.6 is 0 Å². The van der Waals surface area contributed by atoms with Crippen LogP contribution in [0.4, 0.5) is 14.9 Å². The Morgan fingerprint density at radius 1 is 1.33 bits per heavy atom. The van der Waals surface area contributed by atoms with Gasteiger partial charge in [-0.3, -0.25) is 9.69 Å². The van der Waals surface area contributed by atoms with Crippen molar-refractivity contribution in [2.24, 2.45) is 5.73 Å². The number of hydrogen-bond donors (Lipinski definition) is 3. The van der Waals surface area contributed by atoms with Gasteiger partial charge in [-0.1, -0.05) is 13.0 Å². The van der Waals surface area contributed by atoms with Crippen molar-refractivity contribution in [3.63, 3.8) is 0 Å². The molecule has 4 N–H and O–H groups in total. The topological polar surface area (TPSA) is 125 Å². The highest BCUT2D eigenvalue weighted by Gasteiger charge is 2.45. The van der Waals surface area contributed by atoms with Crippen molar-refractivity contribution in [3.8, 4) is 0 Å². The molecule has 0 bridgehead atoms. The number of halogens is 1. The van der Waals surface area contributed by atoms with Crippen molar-refractivity contribution in [2.45, 2.75) is 19.5 Å². The lowest BCUT2D eigenvalue weighted by molar-refractivity contribution is -0.127. The Bertz CT molecular complexity index is 789. The molecule has 0 spiro atoms. The Morgan fingerprint density at radius 3 is 2.70 bits per heavy atom. The molecule has 3 amide bonds. The standard InChI is InChI=1S/C16H24FN5O4S/c1-2-10-27(25,26)22-9-8-21(15(22)14(23)19-7-6-18)16(24)20-13-5-3-4-12(17)11-13/h3-5,11,15H,2,6-10,18H2,1H3,(H,19,23)(H,20,24). The summed E-state index contributed by atoms with van der Waals surface area (Å²) in [6.07, 6.45) is -0.937. The van der Waals surface area contributed by atoms with Gasteiger partial charge in [0.15, 0.2) is 6.17 Å². The number of benzene rings is 1. The predicted octanol–water partition coefficient (Wildman–Crippen LogP) is 0.116. The van der Waals surface area contributed by atoms with E-state index in [1.807, 2.05) is 0 Å². The van der Waals surface area contributed by atoms with Gasteiger partial charge in [-0.2, -0.15) is 4.31 Å². The minimum Gasteiger partial charge on any atom is -0.352 e. The lowest BCUT2D eigenvalue weighted by Gasteiger charge is -2.28. The molecular formula is C16H24FN5O4S. The van der Waals surface area contributed by atoms with Crippen LogP contribution in [0.3, 0.4) is 0 Å². The van der Waals surface area contributed by atoms with E-state index in [0.29, 0.717) is 6.42 Å². The number of anilines is 1. The predicted molar refractivity (Wildman–Crippen MR) is 98.8 cm³/mol. The highest BCUT2D eigenvalue weighted by Crippen LogP contribution is 2.21. The smallest absolute Gasteiger partial charge is 0.323 e. The Labute approximate surface area is 157 Å². The summed E-state index contributed by atoms with van der Waals surface area (Å²) in [7, 11) is -3.72. The zero-order valence-corrected chi connectivity index (χ0v) is 15.8. The number of nitrogens with zero attached hydrogens (tertiary/aromatic N) is 2. The summed E-state index contributed by atoms with van der Waals surface area (Å²) < 4.78 is 39.3. The fraction of sp³-hybridized carbons (Fsp3) is 0.500. The van der Waals surface area contributed by atoms with Gasteiger partial charge in [0.2, 0.25) is 10.0 Å². The Morgan fingerprint density at radius 2 is 2.07 bits per heavy atom. The highest BCUT2D eigenvalue weighted by molar-refractivity contribution is 7.89. The van der Waals surface area contributed by atoms with E-state index in [1.165, 1.54) is 18.2 Å². The number of amides is 3. The number of hydrogen-bond acceptors (Lipinski definition) is 5. The summed E-state index contributed by atoms with van der Waals surface area (Å²) in [4.78, 5) is 26.3. The van der Waals surface area contributed by atoms with Gasteiger partial charge in [0, 0.05) is 31.9 Å². The van der Waals surface area contributed by atoms with Crippen molar-refractivity contribution < 1.29 is 22.4 Å². The van der Waals surface area contributed by atoms with Gasteiger partial charge < -0.3 is 16.4 Å². The highest BCUT2D eigenvalue weighted by atomic mass is 32.2. The molecule has 1 aliphatic rings. The van der Waals surface area contributed by atoms with Crippen LogP contribution in [0, 0.1) is 5.82 Å². The summed E-state index contributed by atoms with van der Waals surface area (Å²) in [6.45, 7) is 2.07. The zero-order chi connectivity index (χ0) is 20.0. The molecule has 0 radical (unpaired) electrons. The van der Waals surface area contributed by atoms with E-state index in [0.717, 1.165) is 15.3 Å². The summed E-state index contributed by atoms with van der Waals surface area (Å²) in [5.41, 5.74) is 5.58. The number of nitrogens with two attached hydrogens (primary N) is 1. The van der Waals surface area contributed by atoms with Crippen molar-refractivity contribution >= 4 is 27.6 Å². The van der Waals surface area contributed by atoms with Crippen LogP contribution in [0.25, 0.3) is 0 Å².